The lowest BCUT2D eigenvalue weighted by Gasteiger charge is -2.29. The van der Waals surface area contributed by atoms with Gasteiger partial charge in [0.25, 0.3) is 0 Å². The van der Waals surface area contributed by atoms with Gasteiger partial charge in [-0.2, -0.15) is 13.2 Å². The summed E-state index contributed by atoms with van der Waals surface area (Å²) in [5.41, 5.74) is 9.73. The molecule has 3 rings (SSSR count). The third-order valence-corrected chi connectivity index (χ3v) is 7.11. The van der Waals surface area contributed by atoms with E-state index in [1.54, 1.807) is 11.7 Å². The number of hydrogen-bond acceptors (Lipinski definition) is 8. The Morgan fingerprint density at radius 2 is 1.52 bits per heavy atom. The lowest BCUT2D eigenvalue weighted by Crippen LogP contribution is -2.52. The molecule has 0 aliphatic carbocycles. The summed E-state index contributed by atoms with van der Waals surface area (Å²) >= 11 is 1.40. The Hall–Kier alpha value is -4.01. The number of aliphatic carboxylic acids is 1. The third-order valence-electron chi connectivity index (χ3n) is 6.36. The Bertz CT molecular complexity index is 1280. The van der Waals surface area contributed by atoms with E-state index in [-0.39, 0.29) is 30.9 Å². The molecule has 0 aliphatic heterocycles. The number of benzene rings is 2. The van der Waals surface area contributed by atoms with Gasteiger partial charge in [-0.05, 0) is 36.3 Å². The van der Waals surface area contributed by atoms with Crippen LogP contribution in [0.15, 0.2) is 72.4 Å². The summed E-state index contributed by atoms with van der Waals surface area (Å²) in [4.78, 5) is 39.1. The number of carbonyl (C=O) groups excluding carboxylic acids is 2. The van der Waals surface area contributed by atoms with Gasteiger partial charge in [0.05, 0.1) is 28.6 Å². The molecular formula is C30H37F3N4O6S. The number of rotatable bonds is 13. The van der Waals surface area contributed by atoms with Crippen LogP contribution in [0.5, 0.6) is 0 Å². The molecule has 10 nitrogen and oxygen atoms in total. The molecule has 1 unspecified atom stereocenters. The van der Waals surface area contributed by atoms with Crippen molar-refractivity contribution >= 4 is 29.3 Å². The number of carboxylic acid groups (broad SMARTS) is 1. The molecule has 0 saturated carbocycles. The van der Waals surface area contributed by atoms with Crippen LogP contribution < -0.4 is 16.4 Å². The Morgan fingerprint density at radius 1 is 0.977 bits per heavy atom. The van der Waals surface area contributed by atoms with Crippen LogP contribution in [-0.4, -0.2) is 63.6 Å². The van der Waals surface area contributed by atoms with Crippen LogP contribution in [0, 0.1) is 5.92 Å². The van der Waals surface area contributed by atoms with E-state index in [9.17, 15) is 27.9 Å². The summed E-state index contributed by atoms with van der Waals surface area (Å²) in [5, 5.41) is 24.3. The average molecular weight is 639 g/mol. The number of nitrogens with two attached hydrogens (primary N) is 1. The first-order valence-corrected chi connectivity index (χ1v) is 14.6. The largest absolute Gasteiger partial charge is 0.490 e. The number of ether oxygens (including phenoxy) is 1. The van der Waals surface area contributed by atoms with Crippen LogP contribution in [0.3, 0.4) is 0 Å². The fourth-order valence-electron chi connectivity index (χ4n) is 3.94. The molecular weight excluding hydrogens is 601 g/mol. The van der Waals surface area contributed by atoms with Crippen molar-refractivity contribution in [3.63, 3.8) is 0 Å². The van der Waals surface area contributed by atoms with Crippen LogP contribution in [-0.2, 0) is 33.8 Å². The highest BCUT2D eigenvalue weighted by Gasteiger charge is 2.38. The van der Waals surface area contributed by atoms with E-state index in [4.69, 9.17) is 20.4 Å². The maximum Gasteiger partial charge on any atom is 0.490 e. The molecule has 44 heavy (non-hydrogen) atoms. The molecule has 0 fully saturated rings. The SMILES string of the molecule is CC(C)C(N)C(=O)N[C@@H](Cc1ccccc1)C[C@H](O)[C@H](Cc1ccccc1)NC(=O)OCc1cncs1.O=C(O)C(F)(F)F. The van der Waals surface area contributed by atoms with E-state index < -0.39 is 36.4 Å². The number of amides is 2. The fraction of sp³-hybridized carbons (Fsp3) is 0.400. The fourth-order valence-corrected chi connectivity index (χ4v) is 4.45. The molecule has 2 aromatic carbocycles. The summed E-state index contributed by atoms with van der Waals surface area (Å²) in [7, 11) is 0. The first-order valence-electron chi connectivity index (χ1n) is 13.7. The molecule has 2 amide bonds. The molecule has 4 atom stereocenters. The molecule has 0 bridgehead atoms. The number of nitrogens with zero attached hydrogens (tertiary/aromatic N) is 1. The highest BCUT2D eigenvalue weighted by atomic mass is 32.1. The molecule has 1 aromatic heterocycles. The molecule has 3 aromatic rings. The smallest absolute Gasteiger partial charge is 0.475 e. The molecule has 0 aliphatic rings. The number of thiazole rings is 1. The zero-order valence-electron chi connectivity index (χ0n) is 24.2. The number of alkyl halides is 3. The van der Waals surface area contributed by atoms with Crippen molar-refractivity contribution in [1.82, 2.24) is 15.6 Å². The molecule has 240 valence electrons. The molecule has 6 N–H and O–H groups in total. The number of carboxylic acids is 1. The Balaban J connectivity index is 0.000000860. The van der Waals surface area contributed by atoms with E-state index in [0.29, 0.717) is 12.8 Å². The van der Waals surface area contributed by atoms with Crippen molar-refractivity contribution in [2.45, 2.75) is 70.1 Å². The predicted octanol–water partition coefficient (Wildman–Crippen LogP) is 4.08. The van der Waals surface area contributed by atoms with E-state index in [1.165, 1.54) is 11.3 Å². The minimum atomic E-state index is -5.08. The van der Waals surface area contributed by atoms with E-state index in [2.05, 4.69) is 15.6 Å². The first kappa shape index (κ1) is 36.2. The van der Waals surface area contributed by atoms with Gasteiger partial charge in [-0.1, -0.05) is 74.5 Å². The van der Waals surface area contributed by atoms with Crippen molar-refractivity contribution in [2.24, 2.45) is 11.7 Å². The summed E-state index contributed by atoms with van der Waals surface area (Å²) in [6.45, 7) is 3.89. The number of aromatic nitrogens is 1. The minimum Gasteiger partial charge on any atom is -0.475 e. The quantitative estimate of drug-likeness (QED) is 0.187. The van der Waals surface area contributed by atoms with Gasteiger partial charge < -0.3 is 31.3 Å². The maximum atomic E-state index is 12.8. The first-order chi connectivity index (χ1) is 20.8. The van der Waals surface area contributed by atoms with Gasteiger partial charge in [-0.25, -0.2) is 9.59 Å². The number of aliphatic hydroxyl groups excluding tert-OH is 1. The molecule has 0 spiro atoms. The number of hydrogen-bond donors (Lipinski definition) is 5. The number of nitrogens with one attached hydrogen (secondary N) is 2. The van der Waals surface area contributed by atoms with Crippen LogP contribution >= 0.6 is 11.3 Å². The lowest BCUT2D eigenvalue weighted by atomic mass is 9.93. The van der Waals surface area contributed by atoms with Gasteiger partial charge >= 0.3 is 18.2 Å². The number of halogens is 3. The van der Waals surface area contributed by atoms with Gasteiger partial charge in [0.1, 0.15) is 6.61 Å². The molecule has 1 heterocycles. The molecule has 0 saturated heterocycles. The zero-order chi connectivity index (χ0) is 32.7. The van der Waals surface area contributed by atoms with Crippen molar-refractivity contribution < 1.29 is 42.5 Å². The van der Waals surface area contributed by atoms with Gasteiger partial charge in [0.2, 0.25) is 5.91 Å². The average Bonchev–Trinajstić information content (AvgIpc) is 3.50. The Labute approximate surface area is 257 Å². The summed E-state index contributed by atoms with van der Waals surface area (Å²) in [5.74, 6) is -3.05. The van der Waals surface area contributed by atoms with Crippen LogP contribution in [0.2, 0.25) is 0 Å². The summed E-state index contributed by atoms with van der Waals surface area (Å²) < 4.78 is 37.1. The minimum absolute atomic E-state index is 0.0249. The van der Waals surface area contributed by atoms with Crippen LogP contribution in [0.25, 0.3) is 0 Å². The zero-order valence-corrected chi connectivity index (χ0v) is 25.1. The van der Waals surface area contributed by atoms with Gasteiger partial charge in [0.15, 0.2) is 0 Å². The maximum absolute atomic E-state index is 12.8. The topological polar surface area (TPSA) is 164 Å². The lowest BCUT2D eigenvalue weighted by molar-refractivity contribution is -0.192. The second kappa shape index (κ2) is 18.0. The van der Waals surface area contributed by atoms with Crippen molar-refractivity contribution in [2.75, 3.05) is 0 Å². The highest BCUT2D eigenvalue weighted by Crippen LogP contribution is 2.16. The normalized spacial score (nSPS) is 13.9. The van der Waals surface area contributed by atoms with E-state index >= 15 is 0 Å². The number of aliphatic hydroxyl groups is 1. The monoisotopic (exact) mass is 638 g/mol. The predicted molar refractivity (Wildman–Crippen MR) is 159 cm³/mol. The number of carbonyl (C=O) groups is 3. The molecule has 0 radical (unpaired) electrons. The highest BCUT2D eigenvalue weighted by molar-refractivity contribution is 7.09. The second-order valence-electron chi connectivity index (χ2n) is 10.3. The molecule has 14 heteroatoms. The van der Waals surface area contributed by atoms with Gasteiger partial charge in [-0.15, -0.1) is 11.3 Å². The Kier molecular flexibility index (Phi) is 14.8. The van der Waals surface area contributed by atoms with E-state index in [0.717, 1.165) is 16.0 Å². The Morgan fingerprint density at radius 3 is 2.00 bits per heavy atom. The van der Waals surface area contributed by atoms with Crippen LogP contribution in [0.4, 0.5) is 18.0 Å². The van der Waals surface area contributed by atoms with Gasteiger partial charge in [-0.3, -0.25) is 9.78 Å². The summed E-state index contributed by atoms with van der Waals surface area (Å²) in [6.07, 6.45) is -3.89. The number of alkyl carbamates (subject to hydrolysis) is 1. The summed E-state index contributed by atoms with van der Waals surface area (Å²) in [6, 6.07) is 17.7. The van der Waals surface area contributed by atoms with Crippen molar-refractivity contribution in [1.29, 1.82) is 0 Å². The second-order valence-corrected chi connectivity index (χ2v) is 11.2. The third kappa shape index (κ3) is 13.5. The van der Waals surface area contributed by atoms with Crippen molar-refractivity contribution in [3.05, 3.63) is 88.4 Å². The standard InChI is InChI=1S/C28H36N4O4S.C2HF3O2/c1-19(2)26(29)27(34)31-22(13-20-9-5-3-6-10-20)15-25(33)24(14-21-11-7-4-8-12-21)32-28(35)36-17-23-16-30-18-37-23;3-2(4,5)1(6)7/h3-12,16,18-19,22,24-26,33H,13-15,17,29H2,1-2H3,(H,31,34)(H,32,35);(H,6,7)/t22-,24-,25-,26?;/m0./s1. The van der Waals surface area contributed by atoms with E-state index in [1.807, 2.05) is 74.5 Å². The van der Waals surface area contributed by atoms with Gasteiger partial charge in [0, 0.05) is 12.2 Å². The van der Waals surface area contributed by atoms with Crippen LogP contribution in [0.1, 0.15) is 36.3 Å². The van der Waals surface area contributed by atoms with Crippen molar-refractivity contribution in [3.8, 4) is 0 Å².